The van der Waals surface area contributed by atoms with Gasteiger partial charge in [-0.25, -0.2) is 0 Å². The van der Waals surface area contributed by atoms with Gasteiger partial charge in [-0.2, -0.15) is 0 Å². The van der Waals surface area contributed by atoms with E-state index in [9.17, 15) is 19.7 Å². The minimum absolute atomic E-state index is 0.0412. The Hall–Kier alpha value is -2.87. The Labute approximate surface area is 193 Å². The van der Waals surface area contributed by atoms with E-state index in [1.54, 1.807) is 17.0 Å². The van der Waals surface area contributed by atoms with Crippen molar-refractivity contribution in [2.24, 2.45) is 0 Å². The summed E-state index contributed by atoms with van der Waals surface area (Å²) in [4.78, 5) is 38.1. The van der Waals surface area contributed by atoms with Crippen LogP contribution in [0.25, 0.3) is 0 Å². The molecule has 0 spiro atoms. The highest BCUT2D eigenvalue weighted by Gasteiger charge is 2.30. The van der Waals surface area contributed by atoms with Gasteiger partial charge >= 0.3 is 0 Å². The van der Waals surface area contributed by atoms with Crippen LogP contribution >= 0.6 is 11.8 Å². The van der Waals surface area contributed by atoms with Gasteiger partial charge in [0, 0.05) is 30.0 Å². The lowest BCUT2D eigenvalue weighted by molar-refractivity contribution is -0.384. The molecular formula is C24H31N3O4S. The number of nitro benzene ring substituents is 1. The molecule has 1 atom stereocenters. The molecule has 1 unspecified atom stereocenters. The molecule has 0 saturated carbocycles. The van der Waals surface area contributed by atoms with Gasteiger partial charge in [0.15, 0.2) is 0 Å². The topological polar surface area (TPSA) is 92.6 Å². The second-order valence-corrected chi connectivity index (χ2v) is 9.57. The molecule has 8 heteroatoms. The van der Waals surface area contributed by atoms with Gasteiger partial charge in [0.25, 0.3) is 5.69 Å². The van der Waals surface area contributed by atoms with Crippen LogP contribution in [-0.2, 0) is 21.9 Å². The predicted octanol–water partition coefficient (Wildman–Crippen LogP) is 4.55. The average Bonchev–Trinajstić information content (AvgIpc) is 2.73. The van der Waals surface area contributed by atoms with Crippen LogP contribution in [-0.4, -0.2) is 39.0 Å². The van der Waals surface area contributed by atoms with Crippen LogP contribution in [0.2, 0.25) is 0 Å². The number of nitrogens with one attached hydrogen (secondary N) is 1. The maximum atomic E-state index is 13.2. The van der Waals surface area contributed by atoms with Crippen molar-refractivity contribution < 1.29 is 14.5 Å². The van der Waals surface area contributed by atoms with Gasteiger partial charge in [-0.3, -0.25) is 19.7 Å². The second-order valence-electron chi connectivity index (χ2n) is 8.59. The molecule has 0 saturated heterocycles. The van der Waals surface area contributed by atoms with Gasteiger partial charge in [0.1, 0.15) is 6.04 Å². The fourth-order valence-electron chi connectivity index (χ4n) is 3.21. The normalized spacial score (nSPS) is 12.1. The van der Waals surface area contributed by atoms with E-state index in [1.165, 1.54) is 23.9 Å². The highest BCUT2D eigenvalue weighted by molar-refractivity contribution is 7.99. The zero-order valence-electron chi connectivity index (χ0n) is 19.0. The van der Waals surface area contributed by atoms with Crippen molar-refractivity contribution in [2.45, 2.75) is 58.0 Å². The first kappa shape index (κ1) is 25.4. The van der Waals surface area contributed by atoms with Crippen LogP contribution in [0, 0.1) is 10.1 Å². The lowest BCUT2D eigenvalue weighted by Gasteiger charge is -2.33. The molecule has 172 valence electrons. The molecule has 0 aromatic heterocycles. The van der Waals surface area contributed by atoms with Crippen LogP contribution < -0.4 is 5.32 Å². The third-order valence-corrected chi connectivity index (χ3v) is 5.71. The number of hydrogen-bond acceptors (Lipinski definition) is 5. The molecule has 2 aromatic carbocycles. The Balaban J connectivity index is 2.10. The standard InChI is InChI=1S/C24H31N3O4S/c1-5-21(23(29)25-24(2,3)4)26(15-18-9-7-6-8-10-18)22(28)17-32-16-19-11-13-20(14-12-19)27(30)31/h6-14,21H,5,15-17H2,1-4H3,(H,25,29). The molecule has 1 N–H and O–H groups in total. The van der Waals surface area contributed by atoms with Crippen LogP contribution in [0.3, 0.4) is 0 Å². The van der Waals surface area contributed by atoms with Crippen molar-refractivity contribution in [1.29, 1.82) is 0 Å². The zero-order chi connectivity index (χ0) is 23.7. The molecule has 0 aliphatic carbocycles. The SMILES string of the molecule is CCC(C(=O)NC(C)(C)C)N(Cc1ccccc1)C(=O)CSCc1ccc([N+](=O)[O-])cc1. The van der Waals surface area contributed by atoms with Crippen LogP contribution in [0.15, 0.2) is 54.6 Å². The molecule has 0 bridgehead atoms. The van der Waals surface area contributed by atoms with E-state index in [-0.39, 0.29) is 23.3 Å². The molecule has 7 nitrogen and oxygen atoms in total. The summed E-state index contributed by atoms with van der Waals surface area (Å²) < 4.78 is 0. The number of rotatable bonds is 10. The molecule has 0 radical (unpaired) electrons. The summed E-state index contributed by atoms with van der Waals surface area (Å²) in [6.45, 7) is 8.01. The number of benzene rings is 2. The summed E-state index contributed by atoms with van der Waals surface area (Å²) in [5, 5.41) is 13.8. The van der Waals surface area contributed by atoms with Crippen molar-refractivity contribution in [3.63, 3.8) is 0 Å². The minimum atomic E-state index is -0.568. The highest BCUT2D eigenvalue weighted by Crippen LogP contribution is 2.19. The first-order valence-electron chi connectivity index (χ1n) is 10.6. The molecule has 32 heavy (non-hydrogen) atoms. The van der Waals surface area contributed by atoms with E-state index in [0.717, 1.165) is 11.1 Å². The Bertz CT molecular complexity index is 911. The smallest absolute Gasteiger partial charge is 0.269 e. The number of nitrogens with zero attached hydrogens (tertiary/aromatic N) is 2. The molecule has 2 amide bonds. The number of amides is 2. The van der Waals surface area contributed by atoms with Gasteiger partial charge in [-0.05, 0) is 38.3 Å². The number of hydrogen-bond donors (Lipinski definition) is 1. The first-order valence-corrected chi connectivity index (χ1v) is 11.7. The van der Waals surface area contributed by atoms with Gasteiger partial charge in [-0.15, -0.1) is 11.8 Å². The van der Waals surface area contributed by atoms with Crippen molar-refractivity contribution >= 4 is 29.3 Å². The first-order chi connectivity index (χ1) is 15.1. The monoisotopic (exact) mass is 457 g/mol. The van der Waals surface area contributed by atoms with Gasteiger partial charge < -0.3 is 10.2 Å². The van der Waals surface area contributed by atoms with Gasteiger partial charge in [-0.1, -0.05) is 49.4 Å². The molecule has 0 fully saturated rings. The Morgan fingerprint density at radius 2 is 1.69 bits per heavy atom. The zero-order valence-corrected chi connectivity index (χ0v) is 19.9. The Morgan fingerprint density at radius 1 is 1.06 bits per heavy atom. The van der Waals surface area contributed by atoms with E-state index in [1.807, 2.05) is 58.0 Å². The summed E-state index contributed by atoms with van der Waals surface area (Å²) in [5.74, 6) is 0.484. The summed E-state index contributed by atoms with van der Waals surface area (Å²) >= 11 is 1.43. The molecular weight excluding hydrogens is 426 g/mol. The van der Waals surface area contributed by atoms with Crippen molar-refractivity contribution in [3.05, 3.63) is 75.8 Å². The Kier molecular flexibility index (Phi) is 9.26. The van der Waals surface area contributed by atoms with Crippen LogP contribution in [0.1, 0.15) is 45.2 Å². The molecule has 2 rings (SSSR count). The summed E-state index contributed by atoms with van der Waals surface area (Å²) in [5.41, 5.74) is 1.51. The summed E-state index contributed by atoms with van der Waals surface area (Å²) in [7, 11) is 0. The third-order valence-electron chi connectivity index (χ3n) is 4.72. The number of non-ortho nitro benzene ring substituents is 1. The van der Waals surface area contributed by atoms with Crippen molar-refractivity contribution in [3.8, 4) is 0 Å². The number of carbonyl (C=O) groups excluding carboxylic acids is 2. The quantitative estimate of drug-likeness (QED) is 0.417. The predicted molar refractivity (Wildman–Crippen MR) is 128 cm³/mol. The highest BCUT2D eigenvalue weighted by atomic mass is 32.2. The minimum Gasteiger partial charge on any atom is -0.350 e. The molecule has 0 aliphatic rings. The molecule has 0 aliphatic heterocycles. The van der Waals surface area contributed by atoms with Gasteiger partial charge in [0.2, 0.25) is 11.8 Å². The Morgan fingerprint density at radius 3 is 2.22 bits per heavy atom. The summed E-state index contributed by atoms with van der Waals surface area (Å²) in [6.07, 6.45) is 0.507. The van der Waals surface area contributed by atoms with E-state index >= 15 is 0 Å². The van der Waals surface area contributed by atoms with E-state index in [2.05, 4.69) is 5.32 Å². The lowest BCUT2D eigenvalue weighted by Crippen LogP contribution is -2.53. The van der Waals surface area contributed by atoms with Crippen molar-refractivity contribution in [1.82, 2.24) is 10.2 Å². The fraction of sp³-hybridized carbons (Fsp3) is 0.417. The van der Waals surface area contributed by atoms with E-state index in [0.29, 0.717) is 18.7 Å². The number of nitro groups is 1. The van der Waals surface area contributed by atoms with Gasteiger partial charge in [0.05, 0.1) is 10.7 Å². The maximum Gasteiger partial charge on any atom is 0.269 e. The van der Waals surface area contributed by atoms with Crippen LogP contribution in [0.4, 0.5) is 5.69 Å². The van der Waals surface area contributed by atoms with Crippen molar-refractivity contribution in [2.75, 3.05) is 5.75 Å². The summed E-state index contributed by atoms with van der Waals surface area (Å²) in [6, 6.07) is 15.4. The fourth-order valence-corrected chi connectivity index (χ4v) is 4.08. The largest absolute Gasteiger partial charge is 0.350 e. The molecule has 2 aromatic rings. The number of carbonyl (C=O) groups is 2. The lowest BCUT2D eigenvalue weighted by atomic mass is 10.1. The molecule has 0 heterocycles. The van der Waals surface area contributed by atoms with E-state index in [4.69, 9.17) is 0 Å². The number of thioether (sulfide) groups is 1. The van der Waals surface area contributed by atoms with Crippen LogP contribution in [0.5, 0.6) is 0 Å². The maximum absolute atomic E-state index is 13.2. The third kappa shape index (κ3) is 8.00. The second kappa shape index (κ2) is 11.7. The average molecular weight is 458 g/mol. The van der Waals surface area contributed by atoms with E-state index < -0.39 is 16.5 Å².